The van der Waals surface area contributed by atoms with Gasteiger partial charge in [0, 0.05) is 0 Å². The molecule has 0 aliphatic heterocycles. The van der Waals surface area contributed by atoms with Gasteiger partial charge in [-0.2, -0.15) is 13.2 Å². The minimum Gasteiger partial charge on any atom is -0.478 e. The van der Waals surface area contributed by atoms with Gasteiger partial charge < -0.3 is 5.11 Å². The molecule has 0 fully saturated rings. The van der Waals surface area contributed by atoms with Gasteiger partial charge in [-0.25, -0.2) is 4.79 Å². The van der Waals surface area contributed by atoms with Gasteiger partial charge in [-0.1, -0.05) is 24.3 Å². The van der Waals surface area contributed by atoms with Crippen LogP contribution < -0.4 is 0 Å². The van der Waals surface area contributed by atoms with E-state index in [-0.39, 0.29) is 5.56 Å². The Hall–Kier alpha value is -2.56. The monoisotopic (exact) mass is 346 g/mol. The molecule has 0 atom stereocenters. The van der Waals surface area contributed by atoms with Crippen molar-refractivity contribution in [3.63, 3.8) is 0 Å². The SMILES string of the molecule is Cc1ccc(C(F)(F)F)cc1/C=C1\CCCc2cccc(C(=O)O)c21. The zero-order valence-electron chi connectivity index (χ0n) is 13.7. The smallest absolute Gasteiger partial charge is 0.416 e. The maximum atomic E-state index is 13.0. The van der Waals surface area contributed by atoms with Crippen LogP contribution in [0.3, 0.4) is 0 Å². The predicted octanol–water partition coefficient (Wildman–Crippen LogP) is 5.59. The van der Waals surface area contributed by atoms with Crippen molar-refractivity contribution in [2.24, 2.45) is 0 Å². The topological polar surface area (TPSA) is 37.3 Å². The van der Waals surface area contributed by atoms with Crippen LogP contribution in [-0.2, 0) is 12.6 Å². The molecule has 5 heteroatoms. The van der Waals surface area contributed by atoms with Gasteiger partial charge >= 0.3 is 12.1 Å². The summed E-state index contributed by atoms with van der Waals surface area (Å²) in [5, 5.41) is 9.45. The molecule has 0 heterocycles. The molecule has 25 heavy (non-hydrogen) atoms. The fraction of sp³-hybridized carbons (Fsp3) is 0.250. The molecule has 2 aromatic rings. The number of alkyl halides is 3. The number of halogens is 3. The third-order valence-corrected chi connectivity index (χ3v) is 4.53. The van der Waals surface area contributed by atoms with Crippen molar-refractivity contribution in [2.45, 2.75) is 32.4 Å². The van der Waals surface area contributed by atoms with Crippen LogP contribution in [0.5, 0.6) is 0 Å². The van der Waals surface area contributed by atoms with E-state index in [4.69, 9.17) is 0 Å². The van der Waals surface area contributed by atoms with E-state index in [1.165, 1.54) is 6.07 Å². The third kappa shape index (κ3) is 3.45. The van der Waals surface area contributed by atoms with E-state index in [0.717, 1.165) is 41.7 Å². The highest BCUT2D eigenvalue weighted by molar-refractivity contribution is 5.98. The Morgan fingerprint density at radius 2 is 1.92 bits per heavy atom. The van der Waals surface area contributed by atoms with Gasteiger partial charge in [0.05, 0.1) is 11.1 Å². The summed E-state index contributed by atoms with van der Waals surface area (Å²) in [6.45, 7) is 1.75. The Bertz CT molecular complexity index is 864. The Balaban J connectivity index is 2.15. The van der Waals surface area contributed by atoms with Gasteiger partial charge in [0.1, 0.15) is 0 Å². The summed E-state index contributed by atoms with van der Waals surface area (Å²) in [6, 6.07) is 8.77. The Kier molecular flexibility index (Phi) is 4.41. The highest BCUT2D eigenvalue weighted by Crippen LogP contribution is 2.36. The molecule has 1 aliphatic rings. The fourth-order valence-corrected chi connectivity index (χ4v) is 3.26. The molecule has 2 nitrogen and oxygen atoms in total. The zero-order valence-corrected chi connectivity index (χ0v) is 13.7. The lowest BCUT2D eigenvalue weighted by atomic mass is 9.83. The molecule has 0 saturated heterocycles. The lowest BCUT2D eigenvalue weighted by molar-refractivity contribution is -0.137. The Morgan fingerprint density at radius 3 is 2.60 bits per heavy atom. The van der Waals surface area contributed by atoms with Crippen LogP contribution in [0.25, 0.3) is 11.6 Å². The van der Waals surface area contributed by atoms with Gasteiger partial charge in [-0.05, 0) is 72.2 Å². The lowest BCUT2D eigenvalue weighted by Gasteiger charge is -2.21. The van der Waals surface area contributed by atoms with Crippen molar-refractivity contribution in [1.82, 2.24) is 0 Å². The number of carboxylic acids is 1. The third-order valence-electron chi connectivity index (χ3n) is 4.53. The van der Waals surface area contributed by atoms with E-state index in [2.05, 4.69) is 0 Å². The van der Waals surface area contributed by atoms with Gasteiger partial charge in [0.15, 0.2) is 0 Å². The number of hydrogen-bond donors (Lipinski definition) is 1. The second-order valence-corrected chi connectivity index (χ2v) is 6.24. The van der Waals surface area contributed by atoms with Crippen LogP contribution in [0.15, 0.2) is 36.4 Å². The molecule has 0 saturated carbocycles. The molecule has 0 unspecified atom stereocenters. The molecular weight excluding hydrogens is 329 g/mol. The number of carboxylic acid groups (broad SMARTS) is 1. The van der Waals surface area contributed by atoms with E-state index < -0.39 is 17.7 Å². The van der Waals surface area contributed by atoms with Crippen LogP contribution in [0.1, 0.15) is 51.0 Å². The van der Waals surface area contributed by atoms with E-state index in [1.54, 1.807) is 25.1 Å². The van der Waals surface area contributed by atoms with E-state index >= 15 is 0 Å². The average molecular weight is 346 g/mol. The van der Waals surface area contributed by atoms with Crippen molar-refractivity contribution in [3.8, 4) is 0 Å². The van der Waals surface area contributed by atoms with Crippen molar-refractivity contribution >= 4 is 17.6 Å². The number of benzene rings is 2. The largest absolute Gasteiger partial charge is 0.478 e. The first-order valence-electron chi connectivity index (χ1n) is 8.01. The zero-order chi connectivity index (χ0) is 18.2. The predicted molar refractivity (Wildman–Crippen MR) is 90.4 cm³/mol. The lowest BCUT2D eigenvalue weighted by Crippen LogP contribution is -2.10. The maximum Gasteiger partial charge on any atom is 0.416 e. The minimum absolute atomic E-state index is 0.202. The summed E-state index contributed by atoms with van der Waals surface area (Å²) >= 11 is 0. The molecular formula is C20H17F3O2. The molecule has 1 N–H and O–H groups in total. The number of aryl methyl sites for hydroxylation is 2. The van der Waals surface area contributed by atoms with Crippen molar-refractivity contribution in [2.75, 3.05) is 0 Å². The molecule has 3 rings (SSSR count). The van der Waals surface area contributed by atoms with Crippen LogP contribution in [0.4, 0.5) is 13.2 Å². The molecule has 130 valence electrons. The van der Waals surface area contributed by atoms with Gasteiger partial charge in [0.25, 0.3) is 0 Å². The van der Waals surface area contributed by atoms with Crippen molar-refractivity contribution in [1.29, 1.82) is 0 Å². The number of allylic oxidation sites excluding steroid dienone is 1. The van der Waals surface area contributed by atoms with Crippen molar-refractivity contribution in [3.05, 3.63) is 69.8 Å². The summed E-state index contributed by atoms with van der Waals surface area (Å²) in [5.41, 5.74) is 3.06. The molecule has 2 aromatic carbocycles. The summed E-state index contributed by atoms with van der Waals surface area (Å²) < 4.78 is 39.0. The standard InChI is InChI=1S/C20H17F3O2/c1-12-8-9-16(20(21,22)23)11-15(12)10-14-6-2-4-13-5-3-7-17(18(13)14)19(24)25/h3,5,7-11H,2,4,6H2,1H3,(H,24,25)/b14-10+. The summed E-state index contributed by atoms with van der Waals surface area (Å²) in [7, 11) is 0. The fourth-order valence-electron chi connectivity index (χ4n) is 3.26. The first kappa shape index (κ1) is 17.3. The van der Waals surface area contributed by atoms with Crippen LogP contribution in [0.2, 0.25) is 0 Å². The van der Waals surface area contributed by atoms with Gasteiger partial charge in [-0.3, -0.25) is 0 Å². The van der Waals surface area contributed by atoms with Gasteiger partial charge in [-0.15, -0.1) is 0 Å². The number of hydrogen-bond acceptors (Lipinski definition) is 1. The van der Waals surface area contributed by atoms with Crippen LogP contribution >= 0.6 is 0 Å². The second-order valence-electron chi connectivity index (χ2n) is 6.24. The summed E-state index contributed by atoms with van der Waals surface area (Å²) in [6.07, 6.45) is -0.436. The maximum absolute atomic E-state index is 13.0. The second kappa shape index (κ2) is 6.39. The summed E-state index contributed by atoms with van der Waals surface area (Å²) in [5.74, 6) is -1.02. The number of carbonyl (C=O) groups is 1. The number of fused-ring (bicyclic) bond motifs is 1. The van der Waals surface area contributed by atoms with E-state index in [0.29, 0.717) is 17.5 Å². The highest BCUT2D eigenvalue weighted by atomic mass is 19.4. The quantitative estimate of drug-likeness (QED) is 0.770. The summed E-state index contributed by atoms with van der Waals surface area (Å²) in [4.78, 5) is 11.5. The van der Waals surface area contributed by atoms with Gasteiger partial charge in [0.2, 0.25) is 0 Å². The van der Waals surface area contributed by atoms with E-state index in [1.807, 2.05) is 6.07 Å². The molecule has 0 amide bonds. The normalized spacial score (nSPS) is 15.9. The molecule has 0 spiro atoms. The Morgan fingerprint density at radius 1 is 1.16 bits per heavy atom. The Labute approximate surface area is 143 Å². The first-order valence-corrected chi connectivity index (χ1v) is 8.01. The molecule has 1 aliphatic carbocycles. The molecule has 0 aromatic heterocycles. The number of aromatic carboxylic acids is 1. The van der Waals surface area contributed by atoms with Crippen LogP contribution in [-0.4, -0.2) is 11.1 Å². The average Bonchev–Trinajstić information content (AvgIpc) is 2.55. The molecule has 0 radical (unpaired) electrons. The van der Waals surface area contributed by atoms with Crippen LogP contribution in [0, 0.1) is 6.92 Å². The van der Waals surface area contributed by atoms with E-state index in [9.17, 15) is 23.1 Å². The number of rotatable bonds is 2. The highest BCUT2D eigenvalue weighted by Gasteiger charge is 2.30. The van der Waals surface area contributed by atoms with Crippen molar-refractivity contribution < 1.29 is 23.1 Å². The molecule has 0 bridgehead atoms. The first-order chi connectivity index (χ1) is 11.8. The minimum atomic E-state index is -4.41.